The highest BCUT2D eigenvalue weighted by atomic mass is 16.5. The van der Waals surface area contributed by atoms with Gasteiger partial charge < -0.3 is 9.64 Å². The van der Waals surface area contributed by atoms with Crippen LogP contribution in [0.5, 0.6) is 5.75 Å². The van der Waals surface area contributed by atoms with Crippen LogP contribution in [0.15, 0.2) is 73.1 Å². The average Bonchev–Trinajstić information content (AvgIpc) is 3.23. The molecule has 5 rings (SSSR count). The van der Waals surface area contributed by atoms with Gasteiger partial charge in [-0.2, -0.15) is 5.10 Å². The SMILES string of the molecule is CCC(c1ccn(-c2ccccc2)n1)N1CCCN(c2c(OC)ccc3cccnc23)CC1. The van der Waals surface area contributed by atoms with E-state index in [1.165, 1.54) is 0 Å². The number of pyridine rings is 1. The van der Waals surface area contributed by atoms with Crippen LogP contribution in [0, 0.1) is 0 Å². The number of methoxy groups -OCH3 is 1. The van der Waals surface area contributed by atoms with Gasteiger partial charge in [-0.15, -0.1) is 0 Å². The van der Waals surface area contributed by atoms with Crippen molar-refractivity contribution in [3.8, 4) is 11.4 Å². The average molecular weight is 442 g/mol. The van der Waals surface area contributed by atoms with E-state index in [2.05, 4.69) is 59.3 Å². The molecule has 0 amide bonds. The lowest BCUT2D eigenvalue weighted by Crippen LogP contribution is -2.34. The largest absolute Gasteiger partial charge is 0.494 e. The first-order chi connectivity index (χ1) is 16.3. The number of anilines is 1. The minimum atomic E-state index is 0.308. The van der Waals surface area contributed by atoms with Crippen molar-refractivity contribution < 1.29 is 4.74 Å². The van der Waals surface area contributed by atoms with E-state index < -0.39 is 0 Å². The van der Waals surface area contributed by atoms with Crippen molar-refractivity contribution in [2.45, 2.75) is 25.8 Å². The van der Waals surface area contributed by atoms with Crippen molar-refractivity contribution in [2.75, 3.05) is 38.2 Å². The van der Waals surface area contributed by atoms with Crippen LogP contribution in [0.2, 0.25) is 0 Å². The van der Waals surface area contributed by atoms with Gasteiger partial charge in [-0.3, -0.25) is 9.88 Å². The molecule has 6 nitrogen and oxygen atoms in total. The van der Waals surface area contributed by atoms with Crippen LogP contribution in [-0.2, 0) is 0 Å². The van der Waals surface area contributed by atoms with Gasteiger partial charge >= 0.3 is 0 Å². The molecule has 0 radical (unpaired) electrons. The maximum Gasteiger partial charge on any atom is 0.144 e. The van der Waals surface area contributed by atoms with Crippen molar-refractivity contribution in [2.24, 2.45) is 0 Å². The molecule has 0 N–H and O–H groups in total. The van der Waals surface area contributed by atoms with Crippen molar-refractivity contribution in [1.29, 1.82) is 0 Å². The highest BCUT2D eigenvalue weighted by Crippen LogP contribution is 2.36. The van der Waals surface area contributed by atoms with E-state index in [-0.39, 0.29) is 0 Å². The zero-order chi connectivity index (χ0) is 22.6. The molecule has 1 atom stereocenters. The lowest BCUT2D eigenvalue weighted by atomic mass is 10.1. The van der Waals surface area contributed by atoms with E-state index in [1.54, 1.807) is 7.11 Å². The summed E-state index contributed by atoms with van der Waals surface area (Å²) < 4.78 is 7.73. The summed E-state index contributed by atoms with van der Waals surface area (Å²) in [6.45, 7) is 6.20. The van der Waals surface area contributed by atoms with Crippen molar-refractivity contribution in [1.82, 2.24) is 19.7 Å². The molecule has 0 saturated carbocycles. The normalized spacial score (nSPS) is 16.0. The number of ether oxygens (including phenoxy) is 1. The molecule has 1 aliphatic rings. The number of rotatable bonds is 6. The van der Waals surface area contributed by atoms with Gasteiger partial charge in [0.15, 0.2) is 0 Å². The fourth-order valence-corrected chi connectivity index (χ4v) is 4.95. The van der Waals surface area contributed by atoms with Gasteiger partial charge in [-0.25, -0.2) is 4.68 Å². The molecule has 2 aromatic heterocycles. The predicted octanol–water partition coefficient (Wildman–Crippen LogP) is 5.09. The van der Waals surface area contributed by atoms with E-state index in [4.69, 9.17) is 14.8 Å². The fraction of sp³-hybridized carbons (Fsp3) is 0.333. The summed E-state index contributed by atoms with van der Waals surface area (Å²) >= 11 is 0. The Morgan fingerprint density at radius 3 is 2.64 bits per heavy atom. The third-order valence-corrected chi connectivity index (χ3v) is 6.58. The lowest BCUT2D eigenvalue weighted by molar-refractivity contribution is 0.201. The van der Waals surface area contributed by atoms with Crippen LogP contribution in [0.3, 0.4) is 0 Å². The van der Waals surface area contributed by atoms with E-state index in [0.29, 0.717) is 6.04 Å². The number of fused-ring (bicyclic) bond motifs is 1. The molecule has 2 aromatic carbocycles. The van der Waals surface area contributed by atoms with E-state index in [9.17, 15) is 0 Å². The van der Waals surface area contributed by atoms with Gasteiger partial charge in [0.25, 0.3) is 0 Å². The summed E-state index contributed by atoms with van der Waals surface area (Å²) in [7, 11) is 1.74. The number of aromatic nitrogens is 3. The number of benzene rings is 2. The molecule has 1 aliphatic heterocycles. The Labute approximate surface area is 195 Å². The van der Waals surface area contributed by atoms with Gasteiger partial charge in [-0.05, 0) is 49.2 Å². The summed E-state index contributed by atoms with van der Waals surface area (Å²) in [5.74, 6) is 0.892. The standard InChI is InChI=1S/C27H31N5O/c1-3-24(23-14-18-32(29-23)22-10-5-4-6-11-22)30-16-8-17-31(20-19-30)27-25(33-2)13-12-21-9-7-15-28-26(21)27/h4-7,9-15,18,24H,3,8,16-17,19-20H2,1-2H3. The van der Waals surface area contributed by atoms with Gasteiger partial charge in [0.2, 0.25) is 0 Å². The lowest BCUT2D eigenvalue weighted by Gasteiger charge is -2.29. The Balaban J connectivity index is 1.37. The quantitative estimate of drug-likeness (QED) is 0.417. The highest BCUT2D eigenvalue weighted by Gasteiger charge is 2.26. The van der Waals surface area contributed by atoms with Crippen LogP contribution in [0.25, 0.3) is 16.6 Å². The summed E-state index contributed by atoms with van der Waals surface area (Å²) in [6.07, 6.45) is 6.06. The molecule has 1 fully saturated rings. The van der Waals surface area contributed by atoms with Crippen LogP contribution < -0.4 is 9.64 Å². The molecule has 6 heteroatoms. The maximum atomic E-state index is 5.75. The molecular weight excluding hydrogens is 410 g/mol. The second-order valence-electron chi connectivity index (χ2n) is 8.51. The molecule has 0 spiro atoms. The Hall–Kier alpha value is -3.38. The maximum absolute atomic E-state index is 5.75. The molecular formula is C27H31N5O. The summed E-state index contributed by atoms with van der Waals surface area (Å²) in [4.78, 5) is 9.73. The number of nitrogens with zero attached hydrogens (tertiary/aromatic N) is 5. The topological polar surface area (TPSA) is 46.4 Å². The molecule has 3 heterocycles. The minimum absolute atomic E-state index is 0.308. The molecule has 4 aromatic rings. The molecule has 170 valence electrons. The molecule has 1 saturated heterocycles. The Bertz CT molecular complexity index is 1210. The van der Waals surface area contributed by atoms with Crippen molar-refractivity contribution in [3.63, 3.8) is 0 Å². The zero-order valence-corrected chi connectivity index (χ0v) is 19.4. The van der Waals surface area contributed by atoms with Crippen LogP contribution in [0.4, 0.5) is 5.69 Å². The summed E-state index contributed by atoms with van der Waals surface area (Å²) in [5, 5.41) is 6.08. The zero-order valence-electron chi connectivity index (χ0n) is 19.4. The van der Waals surface area contributed by atoms with Crippen LogP contribution in [0.1, 0.15) is 31.5 Å². The van der Waals surface area contributed by atoms with E-state index in [0.717, 1.165) is 72.7 Å². The first kappa shape index (κ1) is 21.5. The molecule has 33 heavy (non-hydrogen) atoms. The van der Waals surface area contributed by atoms with Crippen molar-refractivity contribution in [3.05, 3.63) is 78.8 Å². The minimum Gasteiger partial charge on any atom is -0.494 e. The van der Waals surface area contributed by atoms with E-state index >= 15 is 0 Å². The molecule has 0 aliphatic carbocycles. The monoisotopic (exact) mass is 441 g/mol. The van der Waals surface area contributed by atoms with E-state index in [1.807, 2.05) is 35.1 Å². The van der Waals surface area contributed by atoms with Gasteiger partial charge in [-0.1, -0.05) is 31.2 Å². The number of hydrogen-bond donors (Lipinski definition) is 0. The van der Waals surface area contributed by atoms with Crippen molar-refractivity contribution >= 4 is 16.6 Å². The predicted molar refractivity (Wildman–Crippen MR) is 133 cm³/mol. The third-order valence-electron chi connectivity index (χ3n) is 6.58. The Kier molecular flexibility index (Phi) is 6.26. The van der Waals surface area contributed by atoms with Gasteiger partial charge in [0, 0.05) is 44.0 Å². The second-order valence-corrected chi connectivity index (χ2v) is 8.51. The van der Waals surface area contributed by atoms with Crippen LogP contribution in [-0.4, -0.2) is 53.0 Å². The summed E-state index contributed by atoms with van der Waals surface area (Å²) in [6, 6.07) is 21.0. The first-order valence-corrected chi connectivity index (χ1v) is 11.8. The Morgan fingerprint density at radius 2 is 1.82 bits per heavy atom. The summed E-state index contributed by atoms with van der Waals surface area (Å²) in [5.41, 5.74) is 4.35. The molecule has 1 unspecified atom stereocenters. The molecule has 0 bridgehead atoms. The Morgan fingerprint density at radius 1 is 0.939 bits per heavy atom. The first-order valence-electron chi connectivity index (χ1n) is 11.8. The van der Waals surface area contributed by atoms with Gasteiger partial charge in [0.05, 0.1) is 30.0 Å². The fourth-order valence-electron chi connectivity index (χ4n) is 4.95. The van der Waals surface area contributed by atoms with Gasteiger partial charge in [0.1, 0.15) is 11.4 Å². The second kappa shape index (κ2) is 9.63. The number of hydrogen-bond acceptors (Lipinski definition) is 5. The third kappa shape index (κ3) is 4.31. The number of para-hydroxylation sites is 1. The smallest absolute Gasteiger partial charge is 0.144 e. The van der Waals surface area contributed by atoms with Crippen LogP contribution >= 0.6 is 0 Å². The highest BCUT2D eigenvalue weighted by molar-refractivity contribution is 5.94.